The summed E-state index contributed by atoms with van der Waals surface area (Å²) in [6.45, 7) is 1.45. The average Bonchev–Trinajstić information content (AvgIpc) is 3.25. The van der Waals surface area contributed by atoms with E-state index in [0.717, 1.165) is 11.1 Å². The van der Waals surface area contributed by atoms with Gasteiger partial charge < -0.3 is 24.2 Å². The van der Waals surface area contributed by atoms with Crippen LogP contribution in [0.15, 0.2) is 109 Å². The van der Waals surface area contributed by atoms with Crippen LogP contribution in [0.4, 0.5) is 0 Å². The molecule has 1 atom stereocenters. The summed E-state index contributed by atoms with van der Waals surface area (Å²) in [6, 6.07) is 30.8. The summed E-state index contributed by atoms with van der Waals surface area (Å²) in [5.41, 5.74) is 2.99. The summed E-state index contributed by atoms with van der Waals surface area (Å²) >= 11 is 0. The number of hydrogen-bond acceptors (Lipinski definition) is 6. The zero-order valence-electron chi connectivity index (χ0n) is 21.7. The summed E-state index contributed by atoms with van der Waals surface area (Å²) in [5.74, 6) is 0.0232. The first-order valence-corrected chi connectivity index (χ1v) is 13.1. The molecule has 0 saturated carbocycles. The van der Waals surface area contributed by atoms with Crippen molar-refractivity contribution in [2.45, 2.75) is 19.2 Å². The Balaban J connectivity index is 1.37. The van der Waals surface area contributed by atoms with Gasteiger partial charge in [0, 0.05) is 12.1 Å². The average molecular weight is 534 g/mol. The molecule has 1 fully saturated rings. The van der Waals surface area contributed by atoms with Gasteiger partial charge in [-0.25, -0.2) is 0 Å². The molecule has 0 bridgehead atoms. The van der Waals surface area contributed by atoms with E-state index in [1.54, 1.807) is 18.2 Å². The second kappa shape index (κ2) is 11.0. The van der Waals surface area contributed by atoms with E-state index in [9.17, 15) is 14.7 Å². The van der Waals surface area contributed by atoms with Crippen LogP contribution < -0.4 is 14.2 Å². The summed E-state index contributed by atoms with van der Waals surface area (Å²) in [6.07, 6.45) is 0. The van der Waals surface area contributed by atoms with Gasteiger partial charge >= 0.3 is 0 Å². The smallest absolute Gasteiger partial charge is 0.295 e. The lowest BCUT2D eigenvalue weighted by Crippen LogP contribution is -2.29. The van der Waals surface area contributed by atoms with Crippen molar-refractivity contribution in [3.05, 3.63) is 131 Å². The van der Waals surface area contributed by atoms with Crippen LogP contribution in [-0.2, 0) is 22.7 Å². The quantitative estimate of drug-likeness (QED) is 0.188. The molecule has 2 aliphatic heterocycles. The van der Waals surface area contributed by atoms with Crippen LogP contribution in [0.25, 0.3) is 5.76 Å². The minimum absolute atomic E-state index is 0.0237. The van der Waals surface area contributed by atoms with E-state index < -0.39 is 17.7 Å². The van der Waals surface area contributed by atoms with Crippen molar-refractivity contribution in [1.29, 1.82) is 0 Å². The molecule has 2 heterocycles. The number of benzene rings is 4. The number of rotatable bonds is 7. The van der Waals surface area contributed by atoms with Crippen LogP contribution in [0.5, 0.6) is 17.2 Å². The maximum Gasteiger partial charge on any atom is 0.295 e. The Morgan fingerprint density at radius 1 is 0.800 bits per heavy atom. The van der Waals surface area contributed by atoms with Gasteiger partial charge in [-0.15, -0.1) is 0 Å². The molecule has 0 spiro atoms. The number of Topliss-reactive ketones (excluding diaryl/α,β-unsaturated/α-hetero) is 1. The Morgan fingerprint density at radius 3 is 2.15 bits per heavy atom. The van der Waals surface area contributed by atoms with Gasteiger partial charge in [-0.2, -0.15) is 0 Å². The number of aliphatic hydroxyl groups is 1. The molecule has 1 saturated heterocycles. The molecule has 200 valence electrons. The number of ether oxygens (including phenoxy) is 3. The van der Waals surface area contributed by atoms with Crippen LogP contribution in [0.1, 0.15) is 28.3 Å². The van der Waals surface area contributed by atoms with Gasteiger partial charge in [0.1, 0.15) is 31.3 Å². The minimum Gasteiger partial charge on any atom is -0.507 e. The van der Waals surface area contributed by atoms with Crippen molar-refractivity contribution in [1.82, 2.24) is 4.90 Å². The molecule has 6 rings (SSSR count). The highest BCUT2D eigenvalue weighted by atomic mass is 16.6. The highest BCUT2D eigenvalue weighted by molar-refractivity contribution is 6.46. The largest absolute Gasteiger partial charge is 0.507 e. The summed E-state index contributed by atoms with van der Waals surface area (Å²) < 4.78 is 17.2. The van der Waals surface area contributed by atoms with Gasteiger partial charge in [0.2, 0.25) is 0 Å². The molecule has 40 heavy (non-hydrogen) atoms. The lowest BCUT2D eigenvalue weighted by Gasteiger charge is -2.26. The van der Waals surface area contributed by atoms with E-state index in [1.165, 1.54) is 4.90 Å². The van der Waals surface area contributed by atoms with E-state index >= 15 is 0 Å². The fourth-order valence-electron chi connectivity index (χ4n) is 5.00. The van der Waals surface area contributed by atoms with Gasteiger partial charge in [0.05, 0.1) is 11.6 Å². The molecule has 7 heteroatoms. The molecule has 7 nitrogen and oxygen atoms in total. The molecule has 4 aromatic carbocycles. The van der Waals surface area contributed by atoms with Crippen molar-refractivity contribution in [2.24, 2.45) is 0 Å². The van der Waals surface area contributed by atoms with Gasteiger partial charge in [0.15, 0.2) is 11.5 Å². The Labute approximate surface area is 231 Å². The normalized spacial score (nSPS) is 17.6. The highest BCUT2D eigenvalue weighted by Crippen LogP contribution is 2.42. The van der Waals surface area contributed by atoms with Gasteiger partial charge in [-0.3, -0.25) is 9.59 Å². The molecule has 1 N–H and O–H groups in total. The first-order chi connectivity index (χ1) is 19.6. The Morgan fingerprint density at radius 2 is 1.45 bits per heavy atom. The Hall–Kier alpha value is -5.04. The highest BCUT2D eigenvalue weighted by Gasteiger charge is 2.46. The third-order valence-corrected chi connectivity index (χ3v) is 7.00. The lowest BCUT2D eigenvalue weighted by atomic mass is 9.95. The minimum atomic E-state index is -0.795. The van der Waals surface area contributed by atoms with Crippen LogP contribution in [0.2, 0.25) is 0 Å². The number of carbonyl (C=O) groups is 2. The Bertz CT molecular complexity index is 1560. The third kappa shape index (κ3) is 5.01. The van der Waals surface area contributed by atoms with Crippen molar-refractivity contribution in [3.63, 3.8) is 0 Å². The first-order valence-electron chi connectivity index (χ1n) is 13.1. The van der Waals surface area contributed by atoms with E-state index in [0.29, 0.717) is 48.2 Å². The number of amides is 1. The van der Waals surface area contributed by atoms with Gasteiger partial charge in [-0.05, 0) is 47.0 Å². The number of nitrogens with zero attached hydrogens (tertiary/aromatic N) is 1. The number of carbonyl (C=O) groups excluding carboxylic acids is 2. The third-order valence-electron chi connectivity index (χ3n) is 7.00. The first kappa shape index (κ1) is 25.2. The molecule has 0 aromatic heterocycles. The summed E-state index contributed by atoms with van der Waals surface area (Å²) in [7, 11) is 0. The second-order valence-electron chi connectivity index (χ2n) is 9.61. The van der Waals surface area contributed by atoms with Crippen molar-refractivity contribution in [3.8, 4) is 17.2 Å². The number of fused-ring (bicyclic) bond motifs is 1. The van der Waals surface area contributed by atoms with Crippen LogP contribution in [0, 0.1) is 0 Å². The van der Waals surface area contributed by atoms with Crippen molar-refractivity contribution < 1.29 is 28.9 Å². The maximum atomic E-state index is 13.4. The number of ketones is 1. The van der Waals surface area contributed by atoms with Gasteiger partial charge in [0.25, 0.3) is 11.7 Å². The van der Waals surface area contributed by atoms with E-state index in [2.05, 4.69) is 0 Å². The van der Waals surface area contributed by atoms with Crippen molar-refractivity contribution in [2.75, 3.05) is 13.2 Å². The maximum absolute atomic E-state index is 13.4. The van der Waals surface area contributed by atoms with Crippen molar-refractivity contribution >= 4 is 17.4 Å². The van der Waals surface area contributed by atoms with E-state index in [1.807, 2.05) is 84.9 Å². The number of aliphatic hydroxyl groups excluding tert-OH is 1. The number of likely N-dealkylation sites (tertiary alicyclic amines) is 1. The molecule has 0 radical (unpaired) electrons. The predicted molar refractivity (Wildman–Crippen MR) is 149 cm³/mol. The molecule has 1 unspecified atom stereocenters. The zero-order chi connectivity index (χ0) is 27.5. The molecule has 4 aromatic rings. The molecule has 0 aliphatic carbocycles. The molecular weight excluding hydrogens is 506 g/mol. The second-order valence-corrected chi connectivity index (χ2v) is 9.61. The summed E-state index contributed by atoms with van der Waals surface area (Å²) in [5, 5.41) is 11.4. The van der Waals surface area contributed by atoms with E-state index in [-0.39, 0.29) is 17.9 Å². The van der Waals surface area contributed by atoms with Crippen LogP contribution in [0.3, 0.4) is 0 Å². The van der Waals surface area contributed by atoms with Crippen LogP contribution in [-0.4, -0.2) is 34.9 Å². The topological polar surface area (TPSA) is 85.3 Å². The van der Waals surface area contributed by atoms with Crippen LogP contribution >= 0.6 is 0 Å². The predicted octanol–water partition coefficient (Wildman–Crippen LogP) is 5.66. The fourth-order valence-corrected chi connectivity index (χ4v) is 5.00. The lowest BCUT2D eigenvalue weighted by molar-refractivity contribution is -0.140. The fraction of sp³-hybridized carbons (Fsp3) is 0.152. The van der Waals surface area contributed by atoms with E-state index in [4.69, 9.17) is 14.2 Å². The molecule has 1 amide bonds. The SMILES string of the molecule is O=C1C(=O)N(Cc2ccccc2)C(c2ccc(OCc3ccccc3)cc2)/C1=C(\O)c1ccc2c(c1)OCCO2. The Kier molecular flexibility index (Phi) is 6.93. The summed E-state index contributed by atoms with van der Waals surface area (Å²) in [4.78, 5) is 28.3. The van der Waals surface area contributed by atoms with Gasteiger partial charge in [-0.1, -0.05) is 72.8 Å². The monoisotopic (exact) mass is 533 g/mol. The molecule has 2 aliphatic rings. The zero-order valence-corrected chi connectivity index (χ0v) is 21.7. The molecular formula is C33H27NO6. The number of hydrogen-bond donors (Lipinski definition) is 1. The standard InChI is InChI=1S/C33H27NO6/c35-31(25-13-16-27-28(19-25)39-18-17-38-27)29-30(34(33(37)32(29)36)20-22-7-3-1-4-8-22)24-11-14-26(15-12-24)40-21-23-9-5-2-6-10-23/h1-16,19,30,35H,17-18,20-21H2/b31-29+.